The van der Waals surface area contributed by atoms with E-state index in [1.807, 2.05) is 0 Å². The van der Waals surface area contributed by atoms with Crippen LogP contribution in [0.5, 0.6) is 11.5 Å². The molecule has 0 bridgehead atoms. The van der Waals surface area contributed by atoms with Gasteiger partial charge in [0.1, 0.15) is 0 Å². The second-order valence-corrected chi connectivity index (χ2v) is 8.32. The van der Waals surface area contributed by atoms with Gasteiger partial charge in [0, 0.05) is 12.2 Å². The lowest BCUT2D eigenvalue weighted by atomic mass is 10.2. The zero-order valence-corrected chi connectivity index (χ0v) is 16.2. The van der Waals surface area contributed by atoms with Crippen LogP contribution in [0.15, 0.2) is 42.5 Å². The van der Waals surface area contributed by atoms with Gasteiger partial charge in [-0.2, -0.15) is 0 Å². The SMILES string of the molecule is COc1ccccc1OCC(=O)Nc1ccc(Cl)c(N2CCCS2(=O)=O)c1. The van der Waals surface area contributed by atoms with Gasteiger partial charge in [-0.1, -0.05) is 23.7 Å². The quantitative estimate of drug-likeness (QED) is 0.791. The van der Waals surface area contributed by atoms with Crippen molar-refractivity contribution in [3.05, 3.63) is 47.5 Å². The van der Waals surface area contributed by atoms with Gasteiger partial charge in [0.15, 0.2) is 18.1 Å². The summed E-state index contributed by atoms with van der Waals surface area (Å²) >= 11 is 6.16. The Balaban J connectivity index is 1.69. The molecule has 1 fully saturated rings. The predicted molar refractivity (Wildman–Crippen MR) is 104 cm³/mol. The van der Waals surface area contributed by atoms with Crippen LogP contribution in [0.2, 0.25) is 5.02 Å². The Morgan fingerprint density at radius 1 is 1.22 bits per heavy atom. The van der Waals surface area contributed by atoms with Crippen LogP contribution in [0.25, 0.3) is 0 Å². The fourth-order valence-electron chi connectivity index (χ4n) is 2.77. The average molecular weight is 411 g/mol. The number of sulfonamides is 1. The van der Waals surface area contributed by atoms with Crippen molar-refractivity contribution in [3.8, 4) is 11.5 Å². The first kappa shape index (κ1) is 19.3. The molecule has 2 aromatic carbocycles. The summed E-state index contributed by atoms with van der Waals surface area (Å²) in [7, 11) is -1.85. The maximum atomic E-state index is 12.2. The summed E-state index contributed by atoms with van der Waals surface area (Å²) in [4.78, 5) is 12.2. The Hall–Kier alpha value is -2.45. The van der Waals surface area contributed by atoms with E-state index in [1.54, 1.807) is 42.5 Å². The zero-order chi connectivity index (χ0) is 19.4. The van der Waals surface area contributed by atoms with E-state index in [2.05, 4.69) is 5.32 Å². The fourth-order valence-corrected chi connectivity index (χ4v) is 4.61. The number of para-hydroxylation sites is 2. The number of benzene rings is 2. The fraction of sp³-hybridized carbons (Fsp3) is 0.278. The summed E-state index contributed by atoms with van der Waals surface area (Å²) in [6, 6.07) is 11.7. The van der Waals surface area contributed by atoms with Gasteiger partial charge in [-0.05, 0) is 36.8 Å². The number of anilines is 2. The van der Waals surface area contributed by atoms with E-state index in [-0.39, 0.29) is 12.4 Å². The number of nitrogens with one attached hydrogen (secondary N) is 1. The lowest BCUT2D eigenvalue weighted by molar-refractivity contribution is -0.118. The van der Waals surface area contributed by atoms with E-state index in [1.165, 1.54) is 11.4 Å². The normalized spacial score (nSPS) is 15.4. The highest BCUT2D eigenvalue weighted by Crippen LogP contribution is 2.33. The van der Waals surface area contributed by atoms with Crippen molar-refractivity contribution < 1.29 is 22.7 Å². The van der Waals surface area contributed by atoms with Gasteiger partial charge in [0.2, 0.25) is 10.0 Å². The summed E-state index contributed by atoms with van der Waals surface area (Å²) < 4.78 is 36.2. The van der Waals surface area contributed by atoms with Crippen LogP contribution in [0.4, 0.5) is 11.4 Å². The summed E-state index contributed by atoms with van der Waals surface area (Å²) in [6.45, 7) is 0.150. The summed E-state index contributed by atoms with van der Waals surface area (Å²) in [5, 5.41) is 2.99. The molecule has 0 aliphatic carbocycles. The van der Waals surface area contributed by atoms with Gasteiger partial charge in [-0.25, -0.2) is 8.42 Å². The predicted octanol–water partition coefficient (Wildman–Crippen LogP) is 2.91. The number of amides is 1. The molecule has 1 aliphatic heterocycles. The Morgan fingerprint density at radius 3 is 2.63 bits per heavy atom. The number of methoxy groups -OCH3 is 1. The zero-order valence-electron chi connectivity index (χ0n) is 14.6. The molecular weight excluding hydrogens is 392 g/mol. The molecule has 1 aliphatic rings. The molecule has 1 saturated heterocycles. The Bertz CT molecular complexity index is 949. The maximum Gasteiger partial charge on any atom is 0.262 e. The second-order valence-electron chi connectivity index (χ2n) is 5.90. The Morgan fingerprint density at radius 2 is 1.96 bits per heavy atom. The molecule has 0 aromatic heterocycles. The highest BCUT2D eigenvalue weighted by Gasteiger charge is 2.30. The smallest absolute Gasteiger partial charge is 0.262 e. The molecule has 1 amide bonds. The molecule has 1 heterocycles. The van der Waals surface area contributed by atoms with Crippen LogP contribution in [-0.4, -0.2) is 40.3 Å². The number of hydrogen-bond donors (Lipinski definition) is 1. The molecule has 0 unspecified atom stereocenters. The molecule has 1 N–H and O–H groups in total. The standard InChI is InChI=1S/C18H19ClN2O5S/c1-25-16-5-2-3-6-17(16)26-12-18(22)20-13-7-8-14(19)15(11-13)21-9-4-10-27(21,23)24/h2-3,5-8,11H,4,9-10,12H2,1H3,(H,20,22). The van der Waals surface area contributed by atoms with Gasteiger partial charge in [-0.15, -0.1) is 0 Å². The minimum Gasteiger partial charge on any atom is -0.493 e. The summed E-state index contributed by atoms with van der Waals surface area (Å²) in [6.07, 6.45) is 0.544. The van der Waals surface area contributed by atoms with E-state index in [4.69, 9.17) is 21.1 Å². The molecule has 0 radical (unpaired) electrons. The maximum absolute atomic E-state index is 12.2. The van der Waals surface area contributed by atoms with Gasteiger partial charge in [0.05, 0.1) is 23.6 Å². The first-order valence-electron chi connectivity index (χ1n) is 8.26. The molecular formula is C18H19ClN2O5S. The van der Waals surface area contributed by atoms with Crippen molar-refractivity contribution >= 4 is 38.9 Å². The average Bonchev–Trinajstić information content (AvgIpc) is 3.00. The number of halogens is 1. The van der Waals surface area contributed by atoms with Crippen LogP contribution in [-0.2, 0) is 14.8 Å². The first-order chi connectivity index (χ1) is 12.9. The van der Waals surface area contributed by atoms with E-state index < -0.39 is 15.9 Å². The minimum atomic E-state index is -3.36. The van der Waals surface area contributed by atoms with E-state index >= 15 is 0 Å². The topological polar surface area (TPSA) is 84.9 Å². The minimum absolute atomic E-state index is 0.0899. The van der Waals surface area contributed by atoms with Gasteiger partial charge >= 0.3 is 0 Å². The molecule has 7 nitrogen and oxygen atoms in total. The van der Waals surface area contributed by atoms with Crippen molar-refractivity contribution in [2.45, 2.75) is 6.42 Å². The lowest BCUT2D eigenvalue weighted by Crippen LogP contribution is -2.26. The van der Waals surface area contributed by atoms with Crippen molar-refractivity contribution in [2.75, 3.05) is 35.6 Å². The Labute approximate surface area is 162 Å². The molecule has 3 rings (SSSR count). The summed E-state index contributed by atoms with van der Waals surface area (Å²) in [5.74, 6) is 0.680. The molecule has 0 saturated carbocycles. The Kier molecular flexibility index (Phi) is 5.76. The molecule has 27 heavy (non-hydrogen) atoms. The van der Waals surface area contributed by atoms with Crippen LogP contribution < -0.4 is 19.1 Å². The monoisotopic (exact) mass is 410 g/mol. The highest BCUT2D eigenvalue weighted by atomic mass is 35.5. The van der Waals surface area contributed by atoms with E-state index in [0.717, 1.165) is 0 Å². The van der Waals surface area contributed by atoms with Crippen LogP contribution in [0, 0.1) is 0 Å². The van der Waals surface area contributed by atoms with Crippen LogP contribution in [0.1, 0.15) is 6.42 Å². The lowest BCUT2D eigenvalue weighted by Gasteiger charge is -2.19. The van der Waals surface area contributed by atoms with Gasteiger partial charge in [0.25, 0.3) is 5.91 Å². The molecule has 2 aromatic rings. The van der Waals surface area contributed by atoms with Crippen LogP contribution >= 0.6 is 11.6 Å². The number of carbonyl (C=O) groups is 1. The third-order valence-corrected chi connectivity index (χ3v) is 6.20. The first-order valence-corrected chi connectivity index (χ1v) is 10.2. The molecule has 0 spiro atoms. The third kappa shape index (κ3) is 4.45. The number of ether oxygens (including phenoxy) is 2. The number of carbonyl (C=O) groups excluding carboxylic acids is 1. The van der Waals surface area contributed by atoms with Crippen molar-refractivity contribution in [2.24, 2.45) is 0 Å². The van der Waals surface area contributed by atoms with Crippen molar-refractivity contribution in [3.63, 3.8) is 0 Å². The number of nitrogens with zero attached hydrogens (tertiary/aromatic N) is 1. The van der Waals surface area contributed by atoms with Crippen LogP contribution in [0.3, 0.4) is 0 Å². The molecule has 9 heteroatoms. The molecule has 0 atom stereocenters. The van der Waals surface area contributed by atoms with E-state index in [9.17, 15) is 13.2 Å². The van der Waals surface area contributed by atoms with Gasteiger partial charge < -0.3 is 14.8 Å². The second kappa shape index (κ2) is 8.06. The number of hydrogen-bond acceptors (Lipinski definition) is 5. The van der Waals surface area contributed by atoms with Crippen molar-refractivity contribution in [1.29, 1.82) is 0 Å². The highest BCUT2D eigenvalue weighted by molar-refractivity contribution is 7.93. The summed E-state index contributed by atoms with van der Waals surface area (Å²) in [5.41, 5.74) is 0.794. The molecule has 144 valence electrons. The van der Waals surface area contributed by atoms with Crippen molar-refractivity contribution in [1.82, 2.24) is 0 Å². The number of rotatable bonds is 6. The van der Waals surface area contributed by atoms with E-state index in [0.29, 0.717) is 40.9 Å². The third-order valence-electron chi connectivity index (χ3n) is 4.03. The largest absolute Gasteiger partial charge is 0.493 e. The van der Waals surface area contributed by atoms with Gasteiger partial charge in [-0.3, -0.25) is 9.10 Å².